The SMILES string of the molecule is CCCCOc1cccc(C(=O)Nc2ccc(OCCOCC)cc2)c1. The first-order chi connectivity index (χ1) is 12.7. The molecule has 2 rings (SSSR count). The first kappa shape index (κ1) is 19.8. The first-order valence-corrected chi connectivity index (χ1v) is 9.07. The summed E-state index contributed by atoms with van der Waals surface area (Å²) >= 11 is 0. The van der Waals surface area contributed by atoms with Gasteiger partial charge in [-0.3, -0.25) is 4.79 Å². The summed E-state index contributed by atoms with van der Waals surface area (Å²) in [5.41, 5.74) is 1.28. The standard InChI is InChI=1S/C21H27NO4/c1-3-5-13-25-20-8-6-7-17(16-20)21(23)22-18-9-11-19(12-10-18)26-15-14-24-4-2/h6-12,16H,3-5,13-15H2,1-2H3,(H,22,23). The molecule has 0 heterocycles. The highest BCUT2D eigenvalue weighted by Crippen LogP contribution is 2.18. The van der Waals surface area contributed by atoms with E-state index < -0.39 is 0 Å². The number of ether oxygens (including phenoxy) is 3. The Bertz CT molecular complexity index is 670. The van der Waals surface area contributed by atoms with E-state index in [-0.39, 0.29) is 5.91 Å². The molecule has 0 spiro atoms. The number of carbonyl (C=O) groups is 1. The molecule has 140 valence electrons. The monoisotopic (exact) mass is 357 g/mol. The number of hydrogen-bond donors (Lipinski definition) is 1. The van der Waals surface area contributed by atoms with Crippen molar-refractivity contribution in [3.63, 3.8) is 0 Å². The van der Waals surface area contributed by atoms with Gasteiger partial charge in [0.15, 0.2) is 0 Å². The van der Waals surface area contributed by atoms with Crippen molar-refractivity contribution in [1.82, 2.24) is 0 Å². The van der Waals surface area contributed by atoms with Crippen LogP contribution in [0, 0.1) is 0 Å². The third kappa shape index (κ3) is 6.76. The molecule has 0 saturated heterocycles. The topological polar surface area (TPSA) is 56.8 Å². The molecule has 5 heteroatoms. The van der Waals surface area contributed by atoms with Gasteiger partial charge in [0, 0.05) is 17.9 Å². The Labute approximate surface area is 155 Å². The highest BCUT2D eigenvalue weighted by molar-refractivity contribution is 6.04. The van der Waals surface area contributed by atoms with Crippen LogP contribution in [0.2, 0.25) is 0 Å². The molecular formula is C21H27NO4. The molecule has 0 bridgehead atoms. The number of amides is 1. The lowest BCUT2D eigenvalue weighted by atomic mass is 10.2. The van der Waals surface area contributed by atoms with E-state index in [2.05, 4.69) is 12.2 Å². The highest BCUT2D eigenvalue weighted by Gasteiger charge is 2.07. The van der Waals surface area contributed by atoms with Crippen LogP contribution < -0.4 is 14.8 Å². The predicted octanol–water partition coefficient (Wildman–Crippen LogP) is 4.53. The molecule has 2 aromatic rings. The summed E-state index contributed by atoms with van der Waals surface area (Å²) in [5, 5.41) is 2.88. The van der Waals surface area contributed by atoms with Crippen LogP contribution in [0.5, 0.6) is 11.5 Å². The Hall–Kier alpha value is -2.53. The van der Waals surface area contributed by atoms with Crippen LogP contribution in [0.3, 0.4) is 0 Å². The van der Waals surface area contributed by atoms with Crippen LogP contribution in [0.1, 0.15) is 37.0 Å². The molecule has 0 fully saturated rings. The van der Waals surface area contributed by atoms with Gasteiger partial charge in [0.2, 0.25) is 0 Å². The largest absolute Gasteiger partial charge is 0.494 e. The Balaban J connectivity index is 1.87. The molecule has 0 atom stereocenters. The van der Waals surface area contributed by atoms with Crippen molar-refractivity contribution in [1.29, 1.82) is 0 Å². The molecule has 0 aromatic heterocycles. The van der Waals surface area contributed by atoms with Gasteiger partial charge in [-0.15, -0.1) is 0 Å². The number of anilines is 1. The van der Waals surface area contributed by atoms with Gasteiger partial charge in [-0.1, -0.05) is 19.4 Å². The van der Waals surface area contributed by atoms with Gasteiger partial charge in [-0.25, -0.2) is 0 Å². The van der Waals surface area contributed by atoms with Gasteiger partial charge in [0.25, 0.3) is 5.91 Å². The van der Waals surface area contributed by atoms with E-state index in [1.165, 1.54) is 0 Å². The van der Waals surface area contributed by atoms with E-state index in [0.717, 1.165) is 18.6 Å². The summed E-state index contributed by atoms with van der Waals surface area (Å²) in [6.07, 6.45) is 2.07. The van der Waals surface area contributed by atoms with Crippen LogP contribution in [0.25, 0.3) is 0 Å². The zero-order chi connectivity index (χ0) is 18.6. The van der Waals surface area contributed by atoms with Gasteiger partial charge in [0.1, 0.15) is 18.1 Å². The molecule has 0 aliphatic rings. The van der Waals surface area contributed by atoms with Gasteiger partial charge >= 0.3 is 0 Å². The molecule has 1 amide bonds. The lowest BCUT2D eigenvalue weighted by Crippen LogP contribution is -2.12. The molecule has 1 N–H and O–H groups in total. The molecule has 0 unspecified atom stereocenters. The average Bonchev–Trinajstić information content (AvgIpc) is 2.67. The third-order valence-corrected chi connectivity index (χ3v) is 3.68. The molecule has 26 heavy (non-hydrogen) atoms. The molecule has 0 saturated carbocycles. The summed E-state index contributed by atoms with van der Waals surface area (Å²) in [7, 11) is 0. The van der Waals surface area contributed by atoms with Crippen molar-refractivity contribution < 1.29 is 19.0 Å². The maximum Gasteiger partial charge on any atom is 0.255 e. The second-order valence-corrected chi connectivity index (χ2v) is 5.75. The van der Waals surface area contributed by atoms with E-state index in [4.69, 9.17) is 14.2 Å². The van der Waals surface area contributed by atoms with Crippen molar-refractivity contribution in [3.8, 4) is 11.5 Å². The summed E-state index contributed by atoms with van der Waals surface area (Å²) in [6, 6.07) is 14.5. The van der Waals surface area contributed by atoms with Crippen LogP contribution >= 0.6 is 0 Å². The van der Waals surface area contributed by atoms with Crippen LogP contribution in [0.4, 0.5) is 5.69 Å². The van der Waals surface area contributed by atoms with Gasteiger partial charge in [-0.2, -0.15) is 0 Å². The van der Waals surface area contributed by atoms with Crippen LogP contribution in [-0.4, -0.2) is 32.3 Å². The molecule has 5 nitrogen and oxygen atoms in total. The van der Waals surface area contributed by atoms with E-state index in [0.29, 0.717) is 43.4 Å². The molecule has 0 aliphatic carbocycles. The van der Waals surface area contributed by atoms with Crippen molar-refractivity contribution in [3.05, 3.63) is 54.1 Å². The highest BCUT2D eigenvalue weighted by atomic mass is 16.5. The number of carbonyl (C=O) groups excluding carboxylic acids is 1. The Morgan fingerprint density at radius 1 is 0.923 bits per heavy atom. The number of unbranched alkanes of at least 4 members (excludes halogenated alkanes) is 1. The Kier molecular flexibility index (Phi) is 8.49. The quantitative estimate of drug-likeness (QED) is 0.600. The minimum atomic E-state index is -0.170. The molecule has 0 aliphatic heterocycles. The summed E-state index contributed by atoms with van der Waals surface area (Å²) in [6.45, 7) is 6.47. The maximum atomic E-state index is 12.4. The van der Waals surface area contributed by atoms with Gasteiger partial charge in [0.05, 0.1) is 13.2 Å². The summed E-state index contributed by atoms with van der Waals surface area (Å²) in [4.78, 5) is 12.4. The second-order valence-electron chi connectivity index (χ2n) is 5.75. The fraction of sp³-hybridized carbons (Fsp3) is 0.381. The summed E-state index contributed by atoms with van der Waals surface area (Å²) in [5.74, 6) is 1.29. The third-order valence-electron chi connectivity index (χ3n) is 3.68. The number of rotatable bonds is 11. The lowest BCUT2D eigenvalue weighted by Gasteiger charge is -2.10. The fourth-order valence-electron chi connectivity index (χ4n) is 2.26. The predicted molar refractivity (Wildman–Crippen MR) is 103 cm³/mol. The van der Waals surface area contributed by atoms with E-state index >= 15 is 0 Å². The number of hydrogen-bond acceptors (Lipinski definition) is 4. The van der Waals surface area contributed by atoms with E-state index in [9.17, 15) is 4.79 Å². The fourth-order valence-corrected chi connectivity index (χ4v) is 2.26. The maximum absolute atomic E-state index is 12.4. The van der Waals surface area contributed by atoms with Crippen molar-refractivity contribution >= 4 is 11.6 Å². The van der Waals surface area contributed by atoms with E-state index in [1.807, 2.05) is 43.3 Å². The summed E-state index contributed by atoms with van der Waals surface area (Å²) < 4.78 is 16.4. The minimum Gasteiger partial charge on any atom is -0.494 e. The van der Waals surface area contributed by atoms with Crippen LogP contribution in [0.15, 0.2) is 48.5 Å². The second kappa shape index (κ2) is 11.2. The molecular weight excluding hydrogens is 330 g/mol. The first-order valence-electron chi connectivity index (χ1n) is 9.07. The van der Waals surface area contributed by atoms with Crippen molar-refractivity contribution in [2.24, 2.45) is 0 Å². The Morgan fingerprint density at radius 3 is 2.42 bits per heavy atom. The number of nitrogens with one attached hydrogen (secondary N) is 1. The lowest BCUT2D eigenvalue weighted by molar-refractivity contribution is 0.102. The normalized spacial score (nSPS) is 10.4. The van der Waals surface area contributed by atoms with Gasteiger partial charge < -0.3 is 19.5 Å². The van der Waals surface area contributed by atoms with Crippen molar-refractivity contribution in [2.75, 3.05) is 31.7 Å². The average molecular weight is 357 g/mol. The number of benzene rings is 2. The van der Waals surface area contributed by atoms with E-state index in [1.54, 1.807) is 12.1 Å². The van der Waals surface area contributed by atoms with Crippen molar-refractivity contribution in [2.45, 2.75) is 26.7 Å². The molecule has 0 radical (unpaired) electrons. The zero-order valence-electron chi connectivity index (χ0n) is 15.5. The van der Waals surface area contributed by atoms with Gasteiger partial charge in [-0.05, 0) is 55.8 Å². The molecule has 2 aromatic carbocycles. The zero-order valence-corrected chi connectivity index (χ0v) is 15.5. The smallest absolute Gasteiger partial charge is 0.255 e. The Morgan fingerprint density at radius 2 is 1.69 bits per heavy atom. The van der Waals surface area contributed by atoms with Crippen LogP contribution in [-0.2, 0) is 4.74 Å². The minimum absolute atomic E-state index is 0.170.